The number of esters is 1. The van der Waals surface area contributed by atoms with Gasteiger partial charge in [0.1, 0.15) is 78.7 Å². The number of ketones is 2. The Morgan fingerprint density at radius 1 is 0.735 bits per heavy atom. The predicted octanol–water partition coefficient (Wildman–Crippen LogP) is 0.180. The number of Topliss-reactive ketones (excluding diaryl/α,β-unsaturated/α-hetero) is 2. The van der Waals surface area contributed by atoms with Gasteiger partial charge in [-0.15, -0.1) is 0 Å². The van der Waals surface area contributed by atoms with Crippen molar-refractivity contribution in [1.82, 2.24) is 0 Å². The lowest BCUT2D eigenvalue weighted by Crippen LogP contribution is -2.68. The lowest BCUT2D eigenvalue weighted by atomic mass is 9.33. The summed E-state index contributed by atoms with van der Waals surface area (Å²) in [5.74, 6) is -0.905. The van der Waals surface area contributed by atoms with E-state index in [2.05, 4.69) is 40.7 Å². The number of carbonyl (C=O) groups excluding carboxylic acids is 3. The van der Waals surface area contributed by atoms with Gasteiger partial charge in [0, 0.05) is 36.7 Å². The fourth-order valence-corrected chi connectivity index (χ4v) is 14.7. The van der Waals surface area contributed by atoms with Crippen LogP contribution in [0.5, 0.6) is 0 Å². The van der Waals surface area contributed by atoms with Crippen molar-refractivity contribution in [3.8, 4) is 0 Å². The monoisotopic (exact) mass is 968 g/mol. The number of ether oxygens (including phenoxy) is 7. The van der Waals surface area contributed by atoms with Crippen LogP contribution in [-0.4, -0.2) is 182 Å². The Hall–Kier alpha value is -2.05. The summed E-state index contributed by atoms with van der Waals surface area (Å²) in [6, 6.07) is 0. The molecule has 3 heterocycles. The topological polar surface area (TPSA) is 298 Å². The van der Waals surface area contributed by atoms with E-state index >= 15 is 4.79 Å². The van der Waals surface area contributed by atoms with Crippen molar-refractivity contribution in [2.24, 2.45) is 50.2 Å². The van der Waals surface area contributed by atoms with Crippen LogP contribution in [0.25, 0.3) is 0 Å². The second-order valence-corrected chi connectivity index (χ2v) is 23.4. The van der Waals surface area contributed by atoms with Crippen molar-refractivity contribution < 1.29 is 93.5 Å². The van der Waals surface area contributed by atoms with Crippen LogP contribution in [0.4, 0.5) is 0 Å². The summed E-state index contributed by atoms with van der Waals surface area (Å²) in [6.45, 7) is 14.9. The van der Waals surface area contributed by atoms with Gasteiger partial charge in [-0.2, -0.15) is 0 Å². The summed E-state index contributed by atoms with van der Waals surface area (Å²) in [4.78, 5) is 42.5. The van der Waals surface area contributed by atoms with Gasteiger partial charge in [0.15, 0.2) is 12.6 Å². The van der Waals surface area contributed by atoms with Gasteiger partial charge in [-0.25, -0.2) is 0 Å². The first kappa shape index (κ1) is 52.3. The zero-order valence-electron chi connectivity index (χ0n) is 40.7. The number of allylic oxidation sites excluding steroid dienone is 1. The second-order valence-electron chi connectivity index (χ2n) is 23.4. The molecule has 19 heteroatoms. The Balaban J connectivity index is 1.01. The maximum atomic E-state index is 15.1. The normalized spacial score (nSPS) is 52.1. The average molecular weight is 969 g/mol. The molecule has 4 saturated carbocycles. The van der Waals surface area contributed by atoms with E-state index in [0.717, 1.165) is 24.8 Å². The van der Waals surface area contributed by atoms with Crippen molar-refractivity contribution >= 4 is 17.5 Å². The van der Waals surface area contributed by atoms with Crippen LogP contribution in [0.3, 0.4) is 0 Å². The van der Waals surface area contributed by atoms with Gasteiger partial charge in [-0.3, -0.25) is 14.4 Å². The minimum atomic E-state index is -1.94. The van der Waals surface area contributed by atoms with Crippen LogP contribution in [0.15, 0.2) is 11.6 Å². The van der Waals surface area contributed by atoms with Crippen molar-refractivity contribution in [3.05, 3.63) is 11.6 Å². The van der Waals surface area contributed by atoms with Crippen LogP contribution in [-0.2, 0) is 47.5 Å². The Kier molecular flexibility index (Phi) is 14.0. The maximum Gasteiger partial charge on any atom is 0.315 e. The summed E-state index contributed by atoms with van der Waals surface area (Å²) in [5, 5.41) is 96.6. The molecule has 9 N–H and O–H groups in total. The summed E-state index contributed by atoms with van der Waals surface area (Å²) >= 11 is 0. The Morgan fingerprint density at radius 2 is 1.37 bits per heavy atom. The van der Waals surface area contributed by atoms with Crippen LogP contribution in [0, 0.1) is 50.2 Å². The van der Waals surface area contributed by atoms with E-state index < -0.39 is 139 Å². The highest BCUT2D eigenvalue weighted by Crippen LogP contribution is 2.75. The Bertz CT molecular complexity index is 1960. The van der Waals surface area contributed by atoms with E-state index in [4.69, 9.17) is 33.2 Å². The predicted molar refractivity (Wildman–Crippen MR) is 234 cm³/mol. The summed E-state index contributed by atoms with van der Waals surface area (Å²) < 4.78 is 41.0. The molecule has 3 saturated heterocycles. The highest BCUT2D eigenvalue weighted by molar-refractivity contribution is 5.93. The maximum absolute atomic E-state index is 15.1. The summed E-state index contributed by atoms with van der Waals surface area (Å²) in [6.07, 6.45) is -19.1. The number of fused-ring (bicyclic) bond motifs is 7. The first-order chi connectivity index (χ1) is 31.6. The van der Waals surface area contributed by atoms with Gasteiger partial charge in [-0.05, 0) is 73.5 Å². The number of aliphatic hydroxyl groups excluding tert-OH is 9. The van der Waals surface area contributed by atoms with Crippen molar-refractivity contribution in [2.75, 3.05) is 20.3 Å². The first-order valence-corrected chi connectivity index (χ1v) is 24.5. The Labute approximate surface area is 397 Å². The van der Waals surface area contributed by atoms with E-state index in [9.17, 15) is 55.5 Å². The molecule has 8 rings (SSSR count). The van der Waals surface area contributed by atoms with Gasteiger partial charge in [0.25, 0.3) is 0 Å². The van der Waals surface area contributed by atoms with Crippen LogP contribution >= 0.6 is 0 Å². The third-order valence-electron chi connectivity index (χ3n) is 19.2. The van der Waals surface area contributed by atoms with Gasteiger partial charge in [-0.1, -0.05) is 60.1 Å². The molecule has 0 spiro atoms. The van der Waals surface area contributed by atoms with E-state index in [1.54, 1.807) is 7.11 Å². The SMILES string of the molecule is COC1C=C2C3CC(C)(C)C(=O)CC3(C(=O)OC3OC(COC4OC(CO)C(OC5OC(C)C(O)C(O)C5O)C(O)C4O)C(O)C(O)C3O)CCC2(C)C2(C)CCC3C(C)(C)C(=O)CCC3(C)C12. The van der Waals surface area contributed by atoms with Gasteiger partial charge >= 0.3 is 5.97 Å². The highest BCUT2D eigenvalue weighted by Gasteiger charge is 2.72. The second kappa shape index (κ2) is 18.2. The molecule has 0 bridgehead atoms. The lowest BCUT2D eigenvalue weighted by Gasteiger charge is -2.71. The molecular formula is C49H76O19. The van der Waals surface area contributed by atoms with Gasteiger partial charge in [0.05, 0.1) is 30.8 Å². The molecule has 0 aromatic carbocycles. The zero-order chi connectivity index (χ0) is 50.0. The smallest absolute Gasteiger partial charge is 0.315 e. The molecule has 0 aromatic heterocycles. The molecule has 5 aliphatic carbocycles. The molecule has 23 atom stereocenters. The van der Waals surface area contributed by atoms with E-state index in [-0.39, 0.29) is 47.4 Å². The van der Waals surface area contributed by atoms with Crippen LogP contribution in [0.2, 0.25) is 0 Å². The van der Waals surface area contributed by atoms with E-state index in [0.29, 0.717) is 25.0 Å². The largest absolute Gasteiger partial charge is 0.432 e. The van der Waals surface area contributed by atoms with Crippen molar-refractivity contribution in [3.63, 3.8) is 0 Å². The number of hydrogen-bond donors (Lipinski definition) is 9. The molecule has 386 valence electrons. The van der Waals surface area contributed by atoms with Crippen LogP contribution in [0.1, 0.15) is 107 Å². The van der Waals surface area contributed by atoms with Gasteiger partial charge < -0.3 is 79.1 Å². The zero-order valence-corrected chi connectivity index (χ0v) is 40.7. The standard InChI is InChI=1S/C49H76O19/c1-21-30(53)32(55)35(58)41(64-21)67-38-25(19-50)65-40(37(60)34(38)57)63-20-26-31(54)33(56)36(59)42(66-26)68-43(61)49-15-14-47(7)22(23(49)17-44(2,3)29(52)18-49)16-24(62-9)39-46(6)12-11-28(51)45(4,5)27(46)10-13-48(39,47)8/h16,21,23-27,30-42,50,53-60H,10-15,17-20H2,1-9H3. The molecule has 23 unspecified atom stereocenters. The van der Waals surface area contributed by atoms with E-state index in [1.165, 1.54) is 6.92 Å². The molecule has 0 radical (unpaired) electrons. The molecule has 3 aliphatic heterocycles. The first-order valence-electron chi connectivity index (χ1n) is 24.5. The third-order valence-corrected chi connectivity index (χ3v) is 19.2. The van der Waals surface area contributed by atoms with E-state index in [1.807, 2.05) is 13.8 Å². The molecule has 19 nitrogen and oxygen atoms in total. The molecule has 68 heavy (non-hydrogen) atoms. The number of hydrogen-bond acceptors (Lipinski definition) is 19. The summed E-state index contributed by atoms with van der Waals surface area (Å²) in [5.41, 5.74) is -2.61. The minimum absolute atomic E-state index is 0.0583. The fourth-order valence-electron chi connectivity index (χ4n) is 14.7. The third kappa shape index (κ3) is 7.91. The molecule has 8 aliphatic rings. The highest BCUT2D eigenvalue weighted by atomic mass is 16.8. The Morgan fingerprint density at radius 3 is 2.03 bits per heavy atom. The quantitative estimate of drug-likeness (QED) is 0.110. The number of rotatable bonds is 9. The van der Waals surface area contributed by atoms with Crippen LogP contribution < -0.4 is 0 Å². The van der Waals surface area contributed by atoms with Gasteiger partial charge in [0.2, 0.25) is 6.29 Å². The fraction of sp³-hybridized carbons (Fsp3) is 0.898. The number of methoxy groups -OCH3 is 1. The summed E-state index contributed by atoms with van der Waals surface area (Å²) in [7, 11) is 1.71. The molecule has 0 aromatic rings. The number of aliphatic hydroxyl groups is 9. The molecule has 0 amide bonds. The molecule has 7 fully saturated rings. The molecular weight excluding hydrogens is 893 g/mol. The number of carbonyl (C=O) groups is 3. The average Bonchev–Trinajstić information content (AvgIpc) is 3.28. The lowest BCUT2D eigenvalue weighted by molar-refractivity contribution is -0.361. The van der Waals surface area contributed by atoms with Crippen molar-refractivity contribution in [1.29, 1.82) is 0 Å². The van der Waals surface area contributed by atoms with Crippen molar-refractivity contribution in [2.45, 2.75) is 205 Å². The minimum Gasteiger partial charge on any atom is -0.432 e.